The smallest absolute Gasteiger partial charge is 0.234 e. The monoisotopic (exact) mass is 395 g/mol. The first kappa shape index (κ1) is 24.2. The first-order valence-electron chi connectivity index (χ1n) is 10.00. The molecule has 0 aromatic heterocycles. The Morgan fingerprint density at radius 1 is 1.07 bits per heavy atom. The van der Waals surface area contributed by atoms with E-state index in [2.05, 4.69) is 24.1 Å². The van der Waals surface area contributed by atoms with E-state index in [0.717, 1.165) is 43.9 Å². The first-order chi connectivity index (χ1) is 13.5. The molecule has 0 spiro atoms. The van der Waals surface area contributed by atoms with Crippen LogP contribution in [0.5, 0.6) is 11.5 Å². The Morgan fingerprint density at radius 2 is 1.82 bits per heavy atom. The predicted molar refractivity (Wildman–Crippen MR) is 112 cm³/mol. The van der Waals surface area contributed by atoms with Crippen LogP contribution in [0.25, 0.3) is 0 Å². The summed E-state index contributed by atoms with van der Waals surface area (Å²) in [6.45, 7) is 10.2. The molecule has 0 unspecified atom stereocenters. The van der Waals surface area contributed by atoms with Crippen molar-refractivity contribution in [3.63, 3.8) is 0 Å². The molecule has 7 heteroatoms. The first-order valence-corrected chi connectivity index (χ1v) is 10.00. The van der Waals surface area contributed by atoms with Crippen molar-refractivity contribution in [1.29, 1.82) is 0 Å². The van der Waals surface area contributed by atoms with Gasteiger partial charge in [0.15, 0.2) is 11.5 Å². The van der Waals surface area contributed by atoms with Crippen molar-refractivity contribution < 1.29 is 19.0 Å². The molecule has 0 radical (unpaired) electrons. The van der Waals surface area contributed by atoms with Crippen LogP contribution < -0.4 is 14.8 Å². The summed E-state index contributed by atoms with van der Waals surface area (Å²) >= 11 is 0. The van der Waals surface area contributed by atoms with Gasteiger partial charge in [-0.2, -0.15) is 0 Å². The Hall–Kier alpha value is -1.83. The van der Waals surface area contributed by atoms with Gasteiger partial charge in [-0.1, -0.05) is 19.9 Å². The second kappa shape index (κ2) is 14.2. The molecule has 1 aromatic rings. The number of hydrogen-bond donors (Lipinski definition) is 1. The maximum absolute atomic E-state index is 12.1. The Morgan fingerprint density at radius 3 is 2.46 bits per heavy atom. The van der Waals surface area contributed by atoms with Crippen LogP contribution in [-0.2, 0) is 16.1 Å². The van der Waals surface area contributed by atoms with Crippen molar-refractivity contribution in [2.45, 2.75) is 26.8 Å². The van der Waals surface area contributed by atoms with Crippen LogP contribution in [0.15, 0.2) is 18.2 Å². The molecule has 0 fully saturated rings. The van der Waals surface area contributed by atoms with Crippen molar-refractivity contribution in [3.05, 3.63) is 23.8 Å². The molecule has 0 heterocycles. The van der Waals surface area contributed by atoms with Gasteiger partial charge in [0.25, 0.3) is 0 Å². The maximum atomic E-state index is 12.1. The average molecular weight is 396 g/mol. The molecule has 0 saturated carbocycles. The second-order valence-electron chi connectivity index (χ2n) is 6.72. The lowest BCUT2D eigenvalue weighted by Gasteiger charge is -2.19. The Bertz CT molecular complexity index is 565. The highest BCUT2D eigenvalue weighted by molar-refractivity contribution is 5.78. The Kier molecular flexibility index (Phi) is 12.3. The number of rotatable bonds is 15. The molecule has 0 atom stereocenters. The van der Waals surface area contributed by atoms with Crippen molar-refractivity contribution in [2.75, 3.05) is 67.2 Å². The number of hydrogen-bond acceptors (Lipinski definition) is 6. The summed E-state index contributed by atoms with van der Waals surface area (Å²) in [6.07, 6.45) is 0.910. The van der Waals surface area contributed by atoms with Gasteiger partial charge in [-0.15, -0.1) is 0 Å². The number of nitrogens with zero attached hydrogens (tertiary/aromatic N) is 2. The van der Waals surface area contributed by atoms with Crippen LogP contribution in [-0.4, -0.2) is 82.9 Å². The van der Waals surface area contributed by atoms with E-state index in [9.17, 15) is 4.79 Å². The van der Waals surface area contributed by atoms with E-state index in [4.69, 9.17) is 14.2 Å². The summed E-state index contributed by atoms with van der Waals surface area (Å²) in [5.74, 6) is 1.41. The van der Waals surface area contributed by atoms with E-state index < -0.39 is 0 Å². The molecule has 0 aliphatic rings. The van der Waals surface area contributed by atoms with E-state index in [1.54, 1.807) is 14.2 Å². The van der Waals surface area contributed by atoms with Gasteiger partial charge in [0.2, 0.25) is 5.91 Å². The van der Waals surface area contributed by atoms with Crippen LogP contribution in [0.4, 0.5) is 0 Å². The molecule has 7 nitrogen and oxygen atoms in total. The fourth-order valence-corrected chi connectivity index (χ4v) is 2.83. The van der Waals surface area contributed by atoms with Gasteiger partial charge in [0.05, 0.1) is 13.7 Å². The Balaban J connectivity index is 2.46. The second-order valence-corrected chi connectivity index (χ2v) is 6.72. The molecule has 0 bridgehead atoms. The number of ether oxygens (including phenoxy) is 3. The van der Waals surface area contributed by atoms with Gasteiger partial charge in [-0.05, 0) is 44.3 Å². The minimum atomic E-state index is -0.00145. The highest BCUT2D eigenvalue weighted by atomic mass is 16.5. The van der Waals surface area contributed by atoms with E-state index in [0.29, 0.717) is 32.1 Å². The minimum absolute atomic E-state index is 0.00145. The summed E-state index contributed by atoms with van der Waals surface area (Å²) in [7, 11) is 5.24. The van der Waals surface area contributed by atoms with Crippen molar-refractivity contribution in [3.8, 4) is 11.5 Å². The molecule has 0 aliphatic carbocycles. The van der Waals surface area contributed by atoms with E-state index in [1.165, 1.54) is 0 Å². The highest BCUT2D eigenvalue weighted by Crippen LogP contribution is 2.28. The summed E-state index contributed by atoms with van der Waals surface area (Å²) in [5.41, 5.74) is 0.975. The lowest BCUT2D eigenvalue weighted by Crippen LogP contribution is -2.35. The quantitative estimate of drug-likeness (QED) is 0.458. The van der Waals surface area contributed by atoms with Gasteiger partial charge in [0.1, 0.15) is 6.61 Å². The van der Waals surface area contributed by atoms with Crippen LogP contribution >= 0.6 is 0 Å². The molecule has 160 valence electrons. The number of methoxy groups -OCH3 is 2. The van der Waals surface area contributed by atoms with E-state index in [1.807, 2.05) is 30.1 Å². The molecule has 0 saturated heterocycles. The summed E-state index contributed by atoms with van der Waals surface area (Å²) in [5, 5.41) is 2.95. The van der Waals surface area contributed by atoms with Crippen LogP contribution in [0.3, 0.4) is 0 Å². The number of benzene rings is 1. The van der Waals surface area contributed by atoms with E-state index in [-0.39, 0.29) is 5.91 Å². The third-order valence-corrected chi connectivity index (χ3v) is 4.58. The van der Waals surface area contributed by atoms with Crippen molar-refractivity contribution >= 4 is 5.91 Å². The summed E-state index contributed by atoms with van der Waals surface area (Å²) in [4.78, 5) is 16.4. The van der Waals surface area contributed by atoms with E-state index >= 15 is 0 Å². The minimum Gasteiger partial charge on any atom is -0.493 e. The number of carbonyl (C=O) groups excluding carboxylic acids is 1. The van der Waals surface area contributed by atoms with Crippen molar-refractivity contribution in [1.82, 2.24) is 15.1 Å². The molecule has 1 N–H and O–H groups in total. The third kappa shape index (κ3) is 9.39. The molecular formula is C21H37N3O4. The molecule has 1 amide bonds. The number of carbonyl (C=O) groups is 1. The van der Waals surface area contributed by atoms with Crippen molar-refractivity contribution in [2.24, 2.45) is 0 Å². The lowest BCUT2D eigenvalue weighted by atomic mass is 10.2. The Labute approximate surface area is 169 Å². The molecule has 1 rings (SSSR count). The fourth-order valence-electron chi connectivity index (χ4n) is 2.83. The SMILES string of the molecule is CCN(CC)CCOc1ccc(CNC(=O)CN(C)CCCOC)cc1OC. The van der Waals surface area contributed by atoms with Crippen LogP contribution in [0.1, 0.15) is 25.8 Å². The molecular weight excluding hydrogens is 358 g/mol. The predicted octanol–water partition coefficient (Wildman–Crippen LogP) is 2.00. The van der Waals surface area contributed by atoms with Crippen LogP contribution in [0.2, 0.25) is 0 Å². The maximum Gasteiger partial charge on any atom is 0.234 e. The lowest BCUT2D eigenvalue weighted by molar-refractivity contribution is -0.122. The van der Waals surface area contributed by atoms with Gasteiger partial charge in [-0.25, -0.2) is 0 Å². The standard InChI is InChI=1S/C21H37N3O4/c1-6-24(7-2)12-14-28-19-10-9-18(15-20(19)27-5)16-22-21(25)17-23(3)11-8-13-26-4/h9-10,15H,6-8,11-14,16-17H2,1-5H3,(H,22,25). The summed E-state index contributed by atoms with van der Waals surface area (Å²) in [6, 6.07) is 5.77. The van der Waals surface area contributed by atoms with Crippen LogP contribution in [0, 0.1) is 0 Å². The molecule has 0 aliphatic heterocycles. The molecule has 28 heavy (non-hydrogen) atoms. The van der Waals surface area contributed by atoms with Gasteiger partial charge < -0.3 is 24.4 Å². The number of amides is 1. The van der Waals surface area contributed by atoms with Gasteiger partial charge in [-0.3, -0.25) is 9.69 Å². The normalized spacial score (nSPS) is 11.1. The molecule has 1 aromatic carbocycles. The van der Waals surface area contributed by atoms with Gasteiger partial charge >= 0.3 is 0 Å². The summed E-state index contributed by atoms with van der Waals surface area (Å²) < 4.78 is 16.4. The number of likely N-dealkylation sites (N-methyl/N-ethyl adjacent to an activating group) is 2. The third-order valence-electron chi connectivity index (χ3n) is 4.58. The highest BCUT2D eigenvalue weighted by Gasteiger charge is 2.09. The number of nitrogens with one attached hydrogen (secondary N) is 1. The fraction of sp³-hybridized carbons (Fsp3) is 0.667. The largest absolute Gasteiger partial charge is 0.493 e. The van der Waals surface area contributed by atoms with Gasteiger partial charge in [0, 0.05) is 33.4 Å². The zero-order chi connectivity index (χ0) is 20.8. The zero-order valence-electron chi connectivity index (χ0n) is 18.1. The topological polar surface area (TPSA) is 63.3 Å². The zero-order valence-corrected chi connectivity index (χ0v) is 18.1. The average Bonchev–Trinajstić information content (AvgIpc) is 2.70.